The maximum Gasteiger partial charge on any atom is 0.0671 e. The lowest BCUT2D eigenvalue weighted by molar-refractivity contribution is 0.217. The summed E-state index contributed by atoms with van der Waals surface area (Å²) in [6, 6.07) is 6.87. The zero-order valence-electron chi connectivity index (χ0n) is 11.2. The molecule has 1 unspecified atom stereocenters. The van der Waals surface area contributed by atoms with Gasteiger partial charge in [-0.05, 0) is 30.4 Å². The molecule has 1 aromatic carbocycles. The number of aromatic nitrogens is 2. The number of nitrogens with zero attached hydrogens (tertiary/aromatic N) is 1. The van der Waals surface area contributed by atoms with Gasteiger partial charge in [-0.3, -0.25) is 5.10 Å². The highest BCUT2D eigenvalue weighted by Gasteiger charge is 2.32. The van der Waals surface area contributed by atoms with Gasteiger partial charge in [0, 0.05) is 17.1 Å². The molecule has 1 saturated carbocycles. The molecule has 3 rings (SSSR count). The minimum atomic E-state index is 0.379. The van der Waals surface area contributed by atoms with E-state index < -0.39 is 0 Å². The maximum absolute atomic E-state index is 4.13. The number of fused-ring (bicyclic) bond motifs is 1. The number of rotatable bonds is 2. The molecule has 1 fully saturated rings. The highest BCUT2D eigenvalue weighted by Crippen LogP contribution is 2.38. The van der Waals surface area contributed by atoms with Gasteiger partial charge in [0.05, 0.1) is 11.7 Å². The van der Waals surface area contributed by atoms with E-state index in [9.17, 15) is 0 Å². The van der Waals surface area contributed by atoms with Gasteiger partial charge in [-0.1, -0.05) is 32.8 Å². The van der Waals surface area contributed by atoms with Crippen molar-refractivity contribution in [3.05, 3.63) is 24.4 Å². The first-order valence-electron chi connectivity index (χ1n) is 6.85. The van der Waals surface area contributed by atoms with Gasteiger partial charge in [0.1, 0.15) is 0 Å². The Bertz CT molecular complexity index is 541. The first-order valence-corrected chi connectivity index (χ1v) is 6.85. The SMILES string of the molecule is CC1(C)CCCCC1Nc1cccc2[nH]ncc12. The maximum atomic E-state index is 4.13. The molecule has 0 radical (unpaired) electrons. The largest absolute Gasteiger partial charge is 0.381 e. The Balaban J connectivity index is 1.89. The zero-order valence-corrected chi connectivity index (χ0v) is 11.2. The summed E-state index contributed by atoms with van der Waals surface area (Å²) in [5, 5.41) is 12.1. The van der Waals surface area contributed by atoms with E-state index in [0.717, 1.165) is 5.52 Å². The second-order valence-electron chi connectivity index (χ2n) is 6.07. The van der Waals surface area contributed by atoms with Crippen LogP contribution in [0.15, 0.2) is 24.4 Å². The molecule has 2 N–H and O–H groups in total. The number of anilines is 1. The number of nitrogens with one attached hydrogen (secondary N) is 2. The predicted octanol–water partition coefficient (Wildman–Crippen LogP) is 3.94. The molecule has 1 aliphatic rings. The fourth-order valence-electron chi connectivity index (χ4n) is 3.04. The monoisotopic (exact) mass is 243 g/mol. The summed E-state index contributed by atoms with van der Waals surface area (Å²) in [4.78, 5) is 0. The second kappa shape index (κ2) is 4.30. The van der Waals surface area contributed by atoms with Gasteiger partial charge >= 0.3 is 0 Å². The van der Waals surface area contributed by atoms with Crippen molar-refractivity contribution in [2.45, 2.75) is 45.6 Å². The smallest absolute Gasteiger partial charge is 0.0671 e. The standard InChI is InChI=1S/C15H21N3/c1-15(2)9-4-3-8-14(15)17-12-6-5-7-13-11(12)10-16-18-13/h5-7,10,14,17H,3-4,8-9H2,1-2H3,(H,16,18). The Labute approximate surface area is 108 Å². The quantitative estimate of drug-likeness (QED) is 0.838. The normalized spacial score (nSPS) is 23.1. The average molecular weight is 243 g/mol. The molecular weight excluding hydrogens is 222 g/mol. The molecular formula is C15H21N3. The summed E-state index contributed by atoms with van der Waals surface area (Å²) in [5.74, 6) is 0. The summed E-state index contributed by atoms with van der Waals surface area (Å²) in [7, 11) is 0. The van der Waals surface area contributed by atoms with E-state index in [1.54, 1.807) is 0 Å². The summed E-state index contributed by atoms with van der Waals surface area (Å²) >= 11 is 0. The van der Waals surface area contributed by atoms with Crippen LogP contribution in [-0.2, 0) is 0 Å². The van der Waals surface area contributed by atoms with Crippen molar-refractivity contribution in [3.8, 4) is 0 Å². The third-order valence-electron chi connectivity index (χ3n) is 4.32. The predicted molar refractivity (Wildman–Crippen MR) is 75.8 cm³/mol. The number of hydrogen-bond acceptors (Lipinski definition) is 2. The molecule has 3 nitrogen and oxygen atoms in total. The lowest BCUT2D eigenvalue weighted by Crippen LogP contribution is -2.38. The van der Waals surface area contributed by atoms with Crippen LogP contribution >= 0.6 is 0 Å². The van der Waals surface area contributed by atoms with Crippen LogP contribution in [-0.4, -0.2) is 16.2 Å². The fourth-order valence-corrected chi connectivity index (χ4v) is 3.04. The highest BCUT2D eigenvalue weighted by molar-refractivity contribution is 5.90. The van der Waals surface area contributed by atoms with Gasteiger partial charge in [0.2, 0.25) is 0 Å². The van der Waals surface area contributed by atoms with E-state index in [0.29, 0.717) is 11.5 Å². The van der Waals surface area contributed by atoms with Crippen LogP contribution in [0.1, 0.15) is 39.5 Å². The van der Waals surface area contributed by atoms with Crippen LogP contribution in [0, 0.1) is 5.41 Å². The van der Waals surface area contributed by atoms with Crippen LogP contribution < -0.4 is 5.32 Å². The molecule has 0 saturated heterocycles. The van der Waals surface area contributed by atoms with E-state index in [-0.39, 0.29) is 0 Å². The Morgan fingerprint density at radius 2 is 2.22 bits per heavy atom. The van der Waals surface area contributed by atoms with E-state index in [1.165, 1.54) is 36.8 Å². The van der Waals surface area contributed by atoms with Gasteiger partial charge < -0.3 is 5.32 Å². The number of aromatic amines is 1. The Morgan fingerprint density at radius 3 is 3.06 bits per heavy atom. The molecule has 0 bridgehead atoms. The van der Waals surface area contributed by atoms with Crippen molar-refractivity contribution in [2.75, 3.05) is 5.32 Å². The van der Waals surface area contributed by atoms with E-state index in [2.05, 4.69) is 47.6 Å². The number of H-pyrrole nitrogens is 1. The third kappa shape index (κ3) is 1.98. The molecule has 1 aromatic heterocycles. The number of hydrogen-bond donors (Lipinski definition) is 2. The number of benzene rings is 1. The van der Waals surface area contributed by atoms with E-state index in [1.807, 2.05) is 6.20 Å². The van der Waals surface area contributed by atoms with Crippen molar-refractivity contribution < 1.29 is 0 Å². The molecule has 0 amide bonds. The average Bonchev–Trinajstić information content (AvgIpc) is 2.81. The Hall–Kier alpha value is -1.51. The van der Waals surface area contributed by atoms with Crippen molar-refractivity contribution in [1.29, 1.82) is 0 Å². The van der Waals surface area contributed by atoms with Crippen LogP contribution in [0.25, 0.3) is 10.9 Å². The molecule has 2 aromatic rings. The summed E-state index contributed by atoms with van der Waals surface area (Å²) in [6.07, 6.45) is 7.18. The van der Waals surface area contributed by atoms with Gasteiger partial charge in [-0.2, -0.15) is 5.10 Å². The first kappa shape index (κ1) is 11.6. The minimum Gasteiger partial charge on any atom is -0.381 e. The fraction of sp³-hybridized carbons (Fsp3) is 0.533. The van der Waals surface area contributed by atoms with Gasteiger partial charge in [-0.15, -0.1) is 0 Å². The van der Waals surface area contributed by atoms with Gasteiger partial charge in [-0.25, -0.2) is 0 Å². The molecule has 96 valence electrons. The van der Waals surface area contributed by atoms with Crippen molar-refractivity contribution >= 4 is 16.6 Å². The lowest BCUT2D eigenvalue weighted by atomic mass is 9.73. The summed E-state index contributed by atoms with van der Waals surface area (Å²) in [6.45, 7) is 4.75. The van der Waals surface area contributed by atoms with Crippen LogP contribution in [0.2, 0.25) is 0 Å². The van der Waals surface area contributed by atoms with Crippen molar-refractivity contribution in [2.24, 2.45) is 5.41 Å². The molecule has 1 atom stereocenters. The van der Waals surface area contributed by atoms with Gasteiger partial charge in [0.25, 0.3) is 0 Å². The van der Waals surface area contributed by atoms with E-state index >= 15 is 0 Å². The molecule has 3 heteroatoms. The Morgan fingerprint density at radius 1 is 1.33 bits per heavy atom. The van der Waals surface area contributed by atoms with Gasteiger partial charge in [0.15, 0.2) is 0 Å². The zero-order chi connectivity index (χ0) is 12.6. The third-order valence-corrected chi connectivity index (χ3v) is 4.32. The second-order valence-corrected chi connectivity index (χ2v) is 6.07. The summed E-state index contributed by atoms with van der Waals surface area (Å²) in [5.41, 5.74) is 2.69. The summed E-state index contributed by atoms with van der Waals surface area (Å²) < 4.78 is 0. The van der Waals surface area contributed by atoms with E-state index in [4.69, 9.17) is 0 Å². The van der Waals surface area contributed by atoms with Crippen molar-refractivity contribution in [1.82, 2.24) is 10.2 Å². The first-order chi connectivity index (χ1) is 8.67. The molecule has 0 aliphatic heterocycles. The van der Waals surface area contributed by atoms with Crippen LogP contribution in [0.3, 0.4) is 0 Å². The lowest BCUT2D eigenvalue weighted by Gasteiger charge is -2.39. The molecule has 18 heavy (non-hydrogen) atoms. The molecule has 1 aliphatic carbocycles. The highest BCUT2D eigenvalue weighted by atomic mass is 15.1. The van der Waals surface area contributed by atoms with Crippen LogP contribution in [0.4, 0.5) is 5.69 Å². The molecule has 1 heterocycles. The van der Waals surface area contributed by atoms with Crippen molar-refractivity contribution in [3.63, 3.8) is 0 Å². The molecule has 0 spiro atoms. The minimum absolute atomic E-state index is 0.379. The topological polar surface area (TPSA) is 40.7 Å². The van der Waals surface area contributed by atoms with Crippen LogP contribution in [0.5, 0.6) is 0 Å². The Kier molecular flexibility index (Phi) is 2.77.